The Bertz CT molecular complexity index is 3590. The third kappa shape index (κ3) is 4.42. The highest BCUT2D eigenvalue weighted by Gasteiger charge is 2.54. The van der Waals surface area contributed by atoms with Gasteiger partial charge in [-0.25, -0.2) is 0 Å². The summed E-state index contributed by atoms with van der Waals surface area (Å²) in [4.78, 5) is 2.61. The zero-order chi connectivity index (χ0) is 43.1. The van der Waals surface area contributed by atoms with Crippen molar-refractivity contribution >= 4 is 48.6 Å². The fraction of sp³-hybridized carbons (Fsp3) is 0.0323. The highest BCUT2D eigenvalue weighted by atomic mass is 32.1. The van der Waals surface area contributed by atoms with E-state index < -0.39 is 10.8 Å². The number of benzene rings is 10. The summed E-state index contributed by atoms with van der Waals surface area (Å²) in [5.74, 6) is 3.54. The Balaban J connectivity index is 1.10. The molecule has 10 aromatic carbocycles. The number of hydrogen-bond acceptors (Lipinski definition) is 4. The molecule has 11 aromatic rings. The van der Waals surface area contributed by atoms with Crippen LogP contribution in [0.4, 0.5) is 17.1 Å². The fourth-order valence-electron chi connectivity index (χ4n) is 12.5. The molecule has 3 heterocycles. The first kappa shape index (κ1) is 36.2. The van der Waals surface area contributed by atoms with Crippen molar-refractivity contribution < 1.29 is 9.47 Å². The summed E-state index contributed by atoms with van der Waals surface area (Å²) in [6.07, 6.45) is 0. The molecule has 0 atom stereocenters. The second kappa shape index (κ2) is 13.2. The lowest BCUT2D eigenvalue weighted by Crippen LogP contribution is -2.32. The number of fused-ring (bicyclic) bond motifs is 21. The molecule has 4 heteroatoms. The van der Waals surface area contributed by atoms with Gasteiger partial charge in [0.1, 0.15) is 23.0 Å². The zero-order valence-electron chi connectivity index (χ0n) is 35.5. The first-order valence-electron chi connectivity index (χ1n) is 22.7. The van der Waals surface area contributed by atoms with E-state index in [-0.39, 0.29) is 0 Å². The standard InChI is InChI=1S/C62H37NO2S/c1-4-21-41-38(18-1)58-47(61(41)43-23-6-10-32-52(43)64-53-33-11-7-24-44(53)61)27-15-29-49(58)63(51-31-17-37-57-60(51)40-20-3-14-36-56(40)66-57)50-30-16-28-48-59(50)39-19-2-5-22-42(39)62(48)45-25-8-12-34-54(45)65-55-35-13-9-26-46(55)62/h1-37H. The summed E-state index contributed by atoms with van der Waals surface area (Å²) in [6.45, 7) is 0. The Labute approximate surface area is 386 Å². The Morgan fingerprint density at radius 1 is 0.303 bits per heavy atom. The molecule has 0 fully saturated rings. The third-order valence-corrected chi connectivity index (χ3v) is 15.9. The largest absolute Gasteiger partial charge is 0.457 e. The first-order chi connectivity index (χ1) is 32.8. The number of hydrogen-bond donors (Lipinski definition) is 0. The molecule has 0 saturated heterocycles. The van der Waals surface area contributed by atoms with E-state index in [1.54, 1.807) is 0 Å². The SMILES string of the molecule is c1ccc2c(c1)Oc1ccccc1C21c2ccccc2-c2c(N(c3cccc4c3-c3ccccc3C43c4ccccc4Oc4ccccc43)c3cccc4sc5ccccc5c34)cccc21. The van der Waals surface area contributed by atoms with Crippen LogP contribution >= 0.6 is 11.3 Å². The van der Waals surface area contributed by atoms with E-state index in [2.05, 4.69) is 229 Å². The normalized spacial score (nSPS) is 14.5. The minimum atomic E-state index is -0.620. The molecular weight excluding hydrogens is 823 g/mol. The maximum absolute atomic E-state index is 6.76. The smallest absolute Gasteiger partial charge is 0.132 e. The van der Waals surface area contributed by atoms with E-state index in [0.29, 0.717) is 0 Å². The van der Waals surface area contributed by atoms with E-state index >= 15 is 0 Å². The van der Waals surface area contributed by atoms with Gasteiger partial charge in [-0.3, -0.25) is 0 Å². The van der Waals surface area contributed by atoms with E-state index in [1.165, 1.54) is 64.7 Å². The minimum Gasteiger partial charge on any atom is -0.457 e. The monoisotopic (exact) mass is 859 g/mol. The summed E-state index contributed by atoms with van der Waals surface area (Å²) in [5.41, 5.74) is 16.6. The average molecular weight is 860 g/mol. The lowest BCUT2D eigenvalue weighted by atomic mass is 9.66. The maximum Gasteiger partial charge on any atom is 0.132 e. The van der Waals surface area contributed by atoms with Gasteiger partial charge in [0.25, 0.3) is 0 Å². The maximum atomic E-state index is 6.76. The van der Waals surface area contributed by atoms with Crippen LogP contribution in [0.5, 0.6) is 23.0 Å². The molecule has 3 nitrogen and oxygen atoms in total. The molecule has 4 aliphatic rings. The molecule has 1 aromatic heterocycles. The van der Waals surface area contributed by atoms with Gasteiger partial charge in [0.2, 0.25) is 0 Å². The van der Waals surface area contributed by atoms with Gasteiger partial charge in [0.15, 0.2) is 0 Å². The molecule has 15 rings (SSSR count). The number of rotatable bonds is 3. The van der Waals surface area contributed by atoms with E-state index in [0.717, 1.165) is 62.3 Å². The zero-order valence-corrected chi connectivity index (χ0v) is 36.4. The van der Waals surface area contributed by atoms with Crippen LogP contribution in [-0.2, 0) is 10.8 Å². The highest BCUT2D eigenvalue weighted by molar-refractivity contribution is 7.26. The van der Waals surface area contributed by atoms with Crippen LogP contribution in [0.3, 0.4) is 0 Å². The summed E-state index contributed by atoms with van der Waals surface area (Å²) < 4.78 is 16.1. The van der Waals surface area contributed by atoms with Gasteiger partial charge in [-0.2, -0.15) is 0 Å². The summed E-state index contributed by atoms with van der Waals surface area (Å²) in [7, 11) is 0. The number of ether oxygens (including phenoxy) is 2. The van der Waals surface area contributed by atoms with E-state index in [9.17, 15) is 0 Å². The lowest BCUT2D eigenvalue weighted by Gasteiger charge is -2.40. The van der Waals surface area contributed by atoms with Crippen molar-refractivity contribution in [1.29, 1.82) is 0 Å². The summed E-state index contributed by atoms with van der Waals surface area (Å²) in [6, 6.07) is 82.5. The molecule has 0 saturated carbocycles. The Morgan fingerprint density at radius 3 is 1.17 bits per heavy atom. The van der Waals surface area contributed by atoms with Crippen molar-refractivity contribution in [2.75, 3.05) is 4.90 Å². The second-order valence-electron chi connectivity index (χ2n) is 17.8. The molecule has 0 amide bonds. The van der Waals surface area contributed by atoms with Crippen molar-refractivity contribution in [3.05, 3.63) is 269 Å². The van der Waals surface area contributed by atoms with Crippen LogP contribution in [-0.4, -0.2) is 0 Å². The van der Waals surface area contributed by atoms with Crippen molar-refractivity contribution in [3.63, 3.8) is 0 Å². The van der Waals surface area contributed by atoms with Crippen LogP contribution in [0.25, 0.3) is 42.4 Å². The molecule has 2 spiro atoms. The third-order valence-electron chi connectivity index (χ3n) is 14.8. The van der Waals surface area contributed by atoms with Crippen LogP contribution in [0, 0.1) is 0 Å². The van der Waals surface area contributed by atoms with E-state index in [1.807, 2.05) is 11.3 Å². The molecule has 66 heavy (non-hydrogen) atoms. The molecule has 0 N–H and O–H groups in total. The van der Waals surface area contributed by atoms with Gasteiger partial charge >= 0.3 is 0 Å². The quantitative estimate of drug-likeness (QED) is 0.177. The Kier molecular flexibility index (Phi) is 7.24. The van der Waals surface area contributed by atoms with Gasteiger partial charge in [0, 0.05) is 53.6 Å². The first-order valence-corrected chi connectivity index (χ1v) is 23.5. The van der Waals surface area contributed by atoms with Crippen LogP contribution in [0.1, 0.15) is 44.5 Å². The molecule has 0 unspecified atom stereocenters. The predicted molar refractivity (Wildman–Crippen MR) is 269 cm³/mol. The fourth-order valence-corrected chi connectivity index (χ4v) is 13.6. The molecule has 308 valence electrons. The molecular formula is C62H37NO2S. The van der Waals surface area contributed by atoms with Gasteiger partial charge in [0.05, 0.1) is 27.9 Å². The highest BCUT2D eigenvalue weighted by Crippen LogP contribution is 2.67. The van der Waals surface area contributed by atoms with Crippen molar-refractivity contribution in [1.82, 2.24) is 0 Å². The predicted octanol–water partition coefficient (Wildman–Crippen LogP) is 16.5. The topological polar surface area (TPSA) is 21.7 Å². The van der Waals surface area contributed by atoms with E-state index in [4.69, 9.17) is 9.47 Å². The minimum absolute atomic E-state index is 0.620. The summed E-state index contributed by atoms with van der Waals surface area (Å²) in [5, 5.41) is 2.50. The van der Waals surface area contributed by atoms with Crippen LogP contribution in [0.2, 0.25) is 0 Å². The number of thiophene rings is 1. The lowest BCUT2D eigenvalue weighted by molar-refractivity contribution is 0.436. The Morgan fingerprint density at radius 2 is 0.667 bits per heavy atom. The van der Waals surface area contributed by atoms with Gasteiger partial charge in [-0.05, 0) is 88.0 Å². The van der Waals surface area contributed by atoms with Gasteiger partial charge in [-0.15, -0.1) is 11.3 Å². The molecule has 0 bridgehead atoms. The average Bonchev–Trinajstić information content (AvgIpc) is 4.01. The van der Waals surface area contributed by atoms with Crippen LogP contribution in [0.15, 0.2) is 224 Å². The molecule has 0 radical (unpaired) electrons. The van der Waals surface area contributed by atoms with Gasteiger partial charge in [-0.1, -0.05) is 170 Å². The second-order valence-corrected chi connectivity index (χ2v) is 18.8. The molecule has 2 aliphatic carbocycles. The van der Waals surface area contributed by atoms with Crippen molar-refractivity contribution in [2.24, 2.45) is 0 Å². The van der Waals surface area contributed by atoms with Crippen LogP contribution < -0.4 is 14.4 Å². The van der Waals surface area contributed by atoms with Gasteiger partial charge < -0.3 is 14.4 Å². The number of anilines is 3. The summed E-state index contributed by atoms with van der Waals surface area (Å²) >= 11 is 1.86. The number of nitrogens with zero attached hydrogens (tertiary/aromatic N) is 1. The Hall–Kier alpha value is -8.18. The van der Waals surface area contributed by atoms with Crippen molar-refractivity contribution in [2.45, 2.75) is 10.8 Å². The van der Waals surface area contributed by atoms with Crippen molar-refractivity contribution in [3.8, 4) is 45.3 Å². The number of para-hydroxylation sites is 4. The molecule has 2 aliphatic heterocycles.